The van der Waals surface area contributed by atoms with Gasteiger partial charge in [-0.3, -0.25) is 14.1 Å². The molecule has 3 aromatic rings. The Bertz CT molecular complexity index is 940. The van der Waals surface area contributed by atoms with Crippen LogP contribution in [0.15, 0.2) is 24.7 Å². The number of carbonyl (C=O) groups is 1. The van der Waals surface area contributed by atoms with Crippen LogP contribution in [0.2, 0.25) is 0 Å². The Morgan fingerprint density at radius 2 is 2.33 bits per heavy atom. The van der Waals surface area contributed by atoms with E-state index in [9.17, 15) is 9.18 Å². The minimum absolute atomic E-state index is 0.0318. The summed E-state index contributed by atoms with van der Waals surface area (Å²) in [4.78, 5) is 26.1. The average Bonchev–Trinajstić information content (AvgIpc) is 3.25. The number of hydrogen-bond acceptors (Lipinski definition) is 7. The lowest BCUT2D eigenvalue weighted by atomic mass is 10.2. The van der Waals surface area contributed by atoms with Gasteiger partial charge in [-0.15, -0.1) is 0 Å². The number of carbonyl (C=O) groups excluding carboxylic acids is 1. The van der Waals surface area contributed by atoms with E-state index in [0.717, 1.165) is 17.8 Å². The molecule has 0 radical (unpaired) electrons. The second kappa shape index (κ2) is 7.20. The van der Waals surface area contributed by atoms with E-state index in [0.29, 0.717) is 29.6 Å². The number of hydrogen-bond donors (Lipinski definition) is 1. The first-order chi connectivity index (χ1) is 13.0. The molecule has 1 aliphatic heterocycles. The number of imidazole rings is 1. The zero-order valence-electron chi connectivity index (χ0n) is 14.9. The van der Waals surface area contributed by atoms with Gasteiger partial charge in [-0.2, -0.15) is 14.4 Å². The first-order valence-corrected chi connectivity index (χ1v) is 9.43. The van der Waals surface area contributed by atoms with Crippen molar-refractivity contribution < 1.29 is 13.9 Å². The summed E-state index contributed by atoms with van der Waals surface area (Å²) >= 11 is 1.16. The smallest absolute Gasteiger partial charge is 0.237 e. The quantitative estimate of drug-likeness (QED) is 0.720. The van der Waals surface area contributed by atoms with E-state index in [4.69, 9.17) is 4.74 Å². The van der Waals surface area contributed by atoms with Gasteiger partial charge in [0, 0.05) is 44.9 Å². The number of rotatable bonds is 5. The molecule has 1 fully saturated rings. The zero-order chi connectivity index (χ0) is 19.0. The largest absolute Gasteiger partial charge is 0.472 e. The Morgan fingerprint density at radius 3 is 3.11 bits per heavy atom. The Morgan fingerprint density at radius 1 is 1.48 bits per heavy atom. The summed E-state index contributed by atoms with van der Waals surface area (Å²) in [6.07, 6.45) is 6.14. The topological polar surface area (TPSA) is 84.7 Å². The lowest BCUT2D eigenvalue weighted by molar-refractivity contribution is -0.114. The fourth-order valence-electron chi connectivity index (χ4n) is 3.21. The van der Waals surface area contributed by atoms with Crippen molar-refractivity contribution in [1.82, 2.24) is 24.3 Å². The third kappa shape index (κ3) is 3.91. The second-order valence-corrected chi connectivity index (χ2v) is 7.66. The molecule has 2 atom stereocenters. The van der Waals surface area contributed by atoms with Crippen LogP contribution < -0.4 is 10.1 Å². The minimum Gasteiger partial charge on any atom is -0.472 e. The van der Waals surface area contributed by atoms with Gasteiger partial charge in [0.05, 0.1) is 11.1 Å². The van der Waals surface area contributed by atoms with Crippen LogP contribution in [0.5, 0.6) is 5.88 Å². The van der Waals surface area contributed by atoms with Gasteiger partial charge in [0.25, 0.3) is 0 Å². The highest BCUT2D eigenvalue weighted by Crippen LogP contribution is 2.28. The predicted molar refractivity (Wildman–Crippen MR) is 98.3 cm³/mol. The van der Waals surface area contributed by atoms with E-state index in [1.165, 1.54) is 6.92 Å². The molecule has 10 heteroatoms. The standard InChI is InChI=1S/C17H19FN6O2S/c1-10-6-12(26-14-9-23-5-3-4-19-16(23)21-14)7-24(10)8-13-15(18)22-17(27-13)20-11(2)25/h3-5,9-10,12H,6-8H2,1-2H3,(H,20,22,25). The second-order valence-electron chi connectivity index (χ2n) is 6.57. The van der Waals surface area contributed by atoms with Gasteiger partial charge >= 0.3 is 0 Å². The molecule has 1 saturated heterocycles. The van der Waals surface area contributed by atoms with Gasteiger partial charge in [0.1, 0.15) is 6.10 Å². The zero-order valence-corrected chi connectivity index (χ0v) is 15.7. The number of halogens is 1. The normalized spacial score (nSPS) is 20.3. The summed E-state index contributed by atoms with van der Waals surface area (Å²) in [7, 11) is 0. The molecule has 3 aromatic heterocycles. The number of fused-ring (bicyclic) bond motifs is 1. The van der Waals surface area contributed by atoms with Crippen molar-refractivity contribution in [2.75, 3.05) is 11.9 Å². The number of nitrogens with zero attached hydrogens (tertiary/aromatic N) is 5. The molecule has 0 saturated carbocycles. The molecule has 1 N–H and O–H groups in total. The molecule has 0 bridgehead atoms. The SMILES string of the molecule is CC(=O)Nc1nc(F)c(CN2CC(Oc3cn4cccnc4n3)CC2C)s1. The van der Waals surface area contributed by atoms with E-state index >= 15 is 0 Å². The summed E-state index contributed by atoms with van der Waals surface area (Å²) in [5.41, 5.74) is 0. The van der Waals surface area contributed by atoms with Crippen LogP contribution in [-0.2, 0) is 11.3 Å². The number of ether oxygens (including phenoxy) is 1. The van der Waals surface area contributed by atoms with Gasteiger partial charge in [-0.25, -0.2) is 4.98 Å². The summed E-state index contributed by atoms with van der Waals surface area (Å²) in [5.74, 6) is 0.323. The van der Waals surface area contributed by atoms with Crippen LogP contribution in [0.25, 0.3) is 5.78 Å². The maximum atomic E-state index is 14.1. The van der Waals surface area contributed by atoms with E-state index < -0.39 is 5.95 Å². The Kier molecular flexibility index (Phi) is 4.75. The minimum atomic E-state index is -0.535. The Labute approximate surface area is 159 Å². The van der Waals surface area contributed by atoms with E-state index in [1.54, 1.807) is 12.4 Å². The number of likely N-dealkylation sites (tertiary alicyclic amines) is 1. The van der Waals surface area contributed by atoms with Crippen molar-refractivity contribution in [2.24, 2.45) is 0 Å². The predicted octanol–water partition coefficient (Wildman–Crippen LogP) is 2.33. The molecule has 27 heavy (non-hydrogen) atoms. The lowest BCUT2D eigenvalue weighted by Crippen LogP contribution is -2.28. The third-order valence-electron chi connectivity index (χ3n) is 4.45. The molecular weight excluding hydrogens is 371 g/mol. The Balaban J connectivity index is 1.41. The average molecular weight is 390 g/mol. The van der Waals surface area contributed by atoms with Gasteiger partial charge in [0.2, 0.25) is 23.5 Å². The molecule has 4 heterocycles. The fraction of sp³-hybridized carbons (Fsp3) is 0.412. The van der Waals surface area contributed by atoms with Gasteiger partial charge in [-0.1, -0.05) is 11.3 Å². The van der Waals surface area contributed by atoms with Crippen LogP contribution in [0, 0.1) is 5.95 Å². The molecule has 0 spiro atoms. The van der Waals surface area contributed by atoms with E-state index in [2.05, 4.69) is 32.1 Å². The highest BCUT2D eigenvalue weighted by Gasteiger charge is 2.32. The van der Waals surface area contributed by atoms with E-state index in [1.807, 2.05) is 16.7 Å². The maximum Gasteiger partial charge on any atom is 0.237 e. The molecule has 1 amide bonds. The fourth-order valence-corrected chi connectivity index (χ4v) is 4.12. The molecule has 0 aliphatic carbocycles. The molecule has 0 aromatic carbocycles. The molecule has 8 nitrogen and oxygen atoms in total. The summed E-state index contributed by atoms with van der Waals surface area (Å²) in [6.45, 7) is 4.55. The third-order valence-corrected chi connectivity index (χ3v) is 5.38. The van der Waals surface area contributed by atoms with Crippen LogP contribution >= 0.6 is 11.3 Å². The van der Waals surface area contributed by atoms with Crippen molar-refractivity contribution >= 4 is 28.2 Å². The summed E-state index contributed by atoms with van der Waals surface area (Å²) < 4.78 is 21.9. The maximum absolute atomic E-state index is 14.1. The van der Waals surface area contributed by atoms with Crippen molar-refractivity contribution in [3.05, 3.63) is 35.5 Å². The first kappa shape index (κ1) is 17.8. The molecule has 1 aliphatic rings. The first-order valence-electron chi connectivity index (χ1n) is 8.61. The lowest BCUT2D eigenvalue weighted by Gasteiger charge is -2.19. The number of amides is 1. The summed E-state index contributed by atoms with van der Waals surface area (Å²) in [6, 6.07) is 2.06. The molecule has 4 rings (SSSR count). The van der Waals surface area contributed by atoms with Crippen molar-refractivity contribution in [1.29, 1.82) is 0 Å². The van der Waals surface area contributed by atoms with Crippen LogP contribution in [0.1, 0.15) is 25.1 Å². The Hall–Kier alpha value is -2.59. The monoisotopic (exact) mass is 390 g/mol. The molecule has 142 valence electrons. The van der Waals surface area contributed by atoms with E-state index in [-0.39, 0.29) is 23.2 Å². The highest BCUT2D eigenvalue weighted by molar-refractivity contribution is 7.15. The van der Waals surface area contributed by atoms with Crippen molar-refractivity contribution in [3.63, 3.8) is 0 Å². The van der Waals surface area contributed by atoms with Gasteiger partial charge in [0.15, 0.2) is 5.13 Å². The summed E-state index contributed by atoms with van der Waals surface area (Å²) in [5, 5.41) is 2.81. The van der Waals surface area contributed by atoms with Gasteiger partial charge in [-0.05, 0) is 13.0 Å². The molecule has 2 unspecified atom stereocenters. The number of thiazole rings is 1. The number of nitrogens with one attached hydrogen (secondary N) is 1. The van der Waals surface area contributed by atoms with Crippen molar-refractivity contribution in [3.8, 4) is 5.88 Å². The van der Waals surface area contributed by atoms with Crippen LogP contribution in [0.4, 0.5) is 9.52 Å². The number of anilines is 1. The highest BCUT2D eigenvalue weighted by atomic mass is 32.1. The van der Waals surface area contributed by atoms with Crippen molar-refractivity contribution in [2.45, 2.75) is 39.0 Å². The van der Waals surface area contributed by atoms with Crippen LogP contribution in [0.3, 0.4) is 0 Å². The van der Waals surface area contributed by atoms with Gasteiger partial charge < -0.3 is 10.1 Å². The molecular formula is C17H19FN6O2S. The number of aromatic nitrogens is 4. The van der Waals surface area contributed by atoms with Crippen LogP contribution in [-0.4, -0.2) is 48.9 Å².